The number of nitrogens with one attached hydrogen (secondary N) is 1. The highest BCUT2D eigenvalue weighted by Gasteiger charge is 2.15. The Morgan fingerprint density at radius 1 is 1.43 bits per heavy atom. The molecule has 1 atom stereocenters. The Morgan fingerprint density at radius 2 is 2.29 bits per heavy atom. The van der Waals surface area contributed by atoms with Gasteiger partial charge in [0.25, 0.3) is 0 Å². The van der Waals surface area contributed by atoms with Crippen molar-refractivity contribution in [2.24, 2.45) is 5.92 Å². The molecule has 1 rings (SSSR count). The molecule has 0 radical (unpaired) electrons. The summed E-state index contributed by atoms with van der Waals surface area (Å²) in [6.07, 6.45) is 5.35. The highest BCUT2D eigenvalue weighted by atomic mass is 32.1. The quantitative estimate of drug-likeness (QED) is 0.518. The van der Waals surface area contributed by atoms with Crippen LogP contribution in [0.3, 0.4) is 0 Å². The van der Waals surface area contributed by atoms with Crippen LogP contribution in [-0.4, -0.2) is 43.9 Å². The van der Waals surface area contributed by atoms with Crippen LogP contribution in [0, 0.1) is 5.92 Å². The molecule has 2 nitrogen and oxygen atoms in total. The number of likely N-dealkylation sites (tertiary alicyclic amines) is 1. The van der Waals surface area contributed by atoms with E-state index < -0.39 is 0 Å². The molecule has 0 aromatic rings. The topological polar surface area (TPSA) is 15.3 Å². The SMILES string of the molecule is CN1CCCC(CCNCCCS)C1. The molecule has 1 N–H and O–H groups in total. The Labute approximate surface area is 93.8 Å². The molecule has 0 aromatic carbocycles. The van der Waals surface area contributed by atoms with E-state index >= 15 is 0 Å². The molecule has 1 fully saturated rings. The van der Waals surface area contributed by atoms with Gasteiger partial charge in [-0.05, 0) is 64.0 Å². The van der Waals surface area contributed by atoms with Crippen molar-refractivity contribution < 1.29 is 0 Å². The summed E-state index contributed by atoms with van der Waals surface area (Å²) < 4.78 is 0. The van der Waals surface area contributed by atoms with Gasteiger partial charge in [0.05, 0.1) is 0 Å². The zero-order chi connectivity index (χ0) is 10.2. The third-order valence-corrected chi connectivity index (χ3v) is 3.28. The minimum absolute atomic E-state index is 0.928. The minimum Gasteiger partial charge on any atom is -0.317 e. The third kappa shape index (κ3) is 5.23. The van der Waals surface area contributed by atoms with E-state index in [-0.39, 0.29) is 0 Å². The van der Waals surface area contributed by atoms with Gasteiger partial charge in [-0.15, -0.1) is 0 Å². The molecular weight excluding hydrogens is 192 g/mol. The first-order valence-electron chi connectivity index (χ1n) is 5.83. The molecule has 84 valence electrons. The summed E-state index contributed by atoms with van der Waals surface area (Å²) in [5.41, 5.74) is 0. The van der Waals surface area contributed by atoms with E-state index in [2.05, 4.69) is 29.9 Å². The fraction of sp³-hybridized carbons (Fsp3) is 1.00. The number of rotatable bonds is 6. The minimum atomic E-state index is 0.928. The molecule has 1 saturated heterocycles. The molecule has 0 bridgehead atoms. The largest absolute Gasteiger partial charge is 0.317 e. The highest BCUT2D eigenvalue weighted by molar-refractivity contribution is 7.80. The average molecular weight is 216 g/mol. The van der Waals surface area contributed by atoms with Crippen molar-refractivity contribution in [1.82, 2.24) is 10.2 Å². The third-order valence-electron chi connectivity index (χ3n) is 2.96. The van der Waals surface area contributed by atoms with Crippen molar-refractivity contribution in [2.75, 3.05) is 39.0 Å². The monoisotopic (exact) mass is 216 g/mol. The second-order valence-electron chi connectivity index (χ2n) is 4.39. The smallest absolute Gasteiger partial charge is 0.000709 e. The van der Waals surface area contributed by atoms with Crippen molar-refractivity contribution >= 4 is 12.6 Å². The van der Waals surface area contributed by atoms with Crippen molar-refractivity contribution in [3.8, 4) is 0 Å². The summed E-state index contributed by atoms with van der Waals surface area (Å²) in [5.74, 6) is 1.93. The standard InChI is InChI=1S/C11H24N2S/c1-13-8-2-4-11(10-13)5-7-12-6-3-9-14/h11-12,14H,2-10H2,1H3. The van der Waals surface area contributed by atoms with Gasteiger partial charge < -0.3 is 10.2 Å². The maximum atomic E-state index is 4.19. The van der Waals surface area contributed by atoms with Crippen LogP contribution in [0.1, 0.15) is 25.7 Å². The molecule has 0 spiro atoms. The summed E-state index contributed by atoms with van der Waals surface area (Å²) in [4.78, 5) is 2.46. The van der Waals surface area contributed by atoms with Gasteiger partial charge in [-0.2, -0.15) is 12.6 Å². The lowest BCUT2D eigenvalue weighted by Gasteiger charge is -2.29. The first kappa shape index (κ1) is 12.3. The van der Waals surface area contributed by atoms with E-state index in [4.69, 9.17) is 0 Å². The van der Waals surface area contributed by atoms with Crippen LogP contribution in [-0.2, 0) is 0 Å². The second kappa shape index (κ2) is 7.55. The molecule has 3 heteroatoms. The Morgan fingerprint density at radius 3 is 3.00 bits per heavy atom. The van der Waals surface area contributed by atoms with Gasteiger partial charge >= 0.3 is 0 Å². The molecular formula is C11H24N2S. The Balaban J connectivity index is 1.95. The first-order chi connectivity index (χ1) is 6.83. The summed E-state index contributed by atoms with van der Waals surface area (Å²) in [6.45, 7) is 4.91. The molecule has 0 amide bonds. The van der Waals surface area contributed by atoms with Crippen LogP contribution in [0.5, 0.6) is 0 Å². The van der Waals surface area contributed by atoms with Crippen molar-refractivity contribution in [3.63, 3.8) is 0 Å². The van der Waals surface area contributed by atoms with Gasteiger partial charge in [-0.3, -0.25) is 0 Å². The lowest BCUT2D eigenvalue weighted by atomic mass is 9.95. The van der Waals surface area contributed by atoms with Crippen LogP contribution >= 0.6 is 12.6 Å². The molecule has 0 aliphatic carbocycles. The summed E-state index contributed by atoms with van der Waals surface area (Å²) >= 11 is 4.19. The van der Waals surface area contributed by atoms with Gasteiger partial charge in [-0.25, -0.2) is 0 Å². The number of hydrogen-bond donors (Lipinski definition) is 2. The number of thiol groups is 1. The highest BCUT2D eigenvalue weighted by Crippen LogP contribution is 2.17. The van der Waals surface area contributed by atoms with Crippen LogP contribution in [0.25, 0.3) is 0 Å². The molecule has 0 aromatic heterocycles. The Bertz CT molecular complexity index is 141. The average Bonchev–Trinajstić information content (AvgIpc) is 2.18. The van der Waals surface area contributed by atoms with E-state index in [1.165, 1.54) is 45.3 Å². The van der Waals surface area contributed by atoms with Crippen LogP contribution in [0.4, 0.5) is 0 Å². The fourth-order valence-corrected chi connectivity index (χ4v) is 2.30. The molecule has 0 saturated carbocycles. The number of hydrogen-bond acceptors (Lipinski definition) is 3. The van der Waals surface area contributed by atoms with E-state index in [9.17, 15) is 0 Å². The zero-order valence-corrected chi connectivity index (χ0v) is 10.2. The van der Waals surface area contributed by atoms with Crippen molar-refractivity contribution in [3.05, 3.63) is 0 Å². The van der Waals surface area contributed by atoms with E-state index in [0.29, 0.717) is 0 Å². The maximum absolute atomic E-state index is 4.19. The van der Waals surface area contributed by atoms with Crippen LogP contribution in [0.15, 0.2) is 0 Å². The van der Waals surface area contributed by atoms with Crippen LogP contribution in [0.2, 0.25) is 0 Å². The summed E-state index contributed by atoms with van der Waals surface area (Å²) in [7, 11) is 2.24. The molecule has 1 heterocycles. The maximum Gasteiger partial charge on any atom is 0.000709 e. The second-order valence-corrected chi connectivity index (χ2v) is 4.83. The summed E-state index contributed by atoms with van der Waals surface area (Å²) in [6, 6.07) is 0. The predicted molar refractivity (Wildman–Crippen MR) is 66.2 cm³/mol. The van der Waals surface area contributed by atoms with E-state index in [1.807, 2.05) is 0 Å². The lowest BCUT2D eigenvalue weighted by molar-refractivity contribution is 0.201. The van der Waals surface area contributed by atoms with Gasteiger partial charge in [0.1, 0.15) is 0 Å². The Hall–Kier alpha value is 0.270. The molecule has 1 unspecified atom stereocenters. The van der Waals surface area contributed by atoms with Gasteiger partial charge in [-0.1, -0.05) is 0 Å². The van der Waals surface area contributed by atoms with Crippen molar-refractivity contribution in [2.45, 2.75) is 25.7 Å². The molecule has 1 aliphatic rings. The normalized spacial score (nSPS) is 24.0. The number of piperidine rings is 1. The van der Waals surface area contributed by atoms with Gasteiger partial charge in [0, 0.05) is 6.54 Å². The van der Waals surface area contributed by atoms with Gasteiger partial charge in [0.2, 0.25) is 0 Å². The lowest BCUT2D eigenvalue weighted by Crippen LogP contribution is -2.33. The van der Waals surface area contributed by atoms with E-state index in [1.54, 1.807) is 0 Å². The van der Waals surface area contributed by atoms with Crippen LogP contribution < -0.4 is 5.32 Å². The van der Waals surface area contributed by atoms with E-state index in [0.717, 1.165) is 18.2 Å². The Kier molecular flexibility index (Phi) is 6.65. The summed E-state index contributed by atoms with van der Waals surface area (Å²) in [5, 5.41) is 3.48. The number of nitrogens with zero attached hydrogens (tertiary/aromatic N) is 1. The molecule has 1 aliphatic heterocycles. The molecule has 14 heavy (non-hydrogen) atoms. The van der Waals surface area contributed by atoms with Crippen molar-refractivity contribution in [1.29, 1.82) is 0 Å². The predicted octanol–water partition coefficient (Wildman–Crippen LogP) is 1.63. The fourth-order valence-electron chi connectivity index (χ4n) is 2.14. The van der Waals surface area contributed by atoms with Gasteiger partial charge in [0.15, 0.2) is 0 Å². The zero-order valence-electron chi connectivity index (χ0n) is 9.34. The first-order valence-corrected chi connectivity index (χ1v) is 6.46.